The summed E-state index contributed by atoms with van der Waals surface area (Å²) in [5.41, 5.74) is 4.20. The van der Waals surface area contributed by atoms with Crippen LogP contribution < -0.4 is 0 Å². The van der Waals surface area contributed by atoms with Crippen LogP contribution in [0.25, 0.3) is 22.2 Å². The van der Waals surface area contributed by atoms with Gasteiger partial charge in [-0.3, -0.25) is 0 Å². The van der Waals surface area contributed by atoms with Gasteiger partial charge in [-0.15, -0.1) is 0 Å². The number of hydrogen-bond acceptors (Lipinski definition) is 3. The fourth-order valence-corrected chi connectivity index (χ4v) is 2.80. The number of nitrogens with zero attached hydrogens (tertiary/aromatic N) is 2. The predicted molar refractivity (Wildman–Crippen MR) is 79.3 cm³/mol. The van der Waals surface area contributed by atoms with Crippen LogP contribution in [0.15, 0.2) is 41.2 Å². The van der Waals surface area contributed by atoms with Gasteiger partial charge in [-0.05, 0) is 17.5 Å². The van der Waals surface area contributed by atoms with E-state index in [1.165, 1.54) is 11.9 Å². The van der Waals surface area contributed by atoms with Crippen LogP contribution in [0.3, 0.4) is 0 Å². The standard InChI is InChI=1S/C14H11IN2O/c1-2-9-3-5-10(6-4-9)12-11-7-16-8-17-14(11)18-13(12)15/h3-8H,2H2,1H3. The molecule has 18 heavy (non-hydrogen) atoms. The average molecular weight is 350 g/mol. The third-order valence-corrected chi connectivity index (χ3v) is 3.74. The van der Waals surface area contributed by atoms with Gasteiger partial charge < -0.3 is 4.42 Å². The molecule has 0 aliphatic rings. The van der Waals surface area contributed by atoms with Crippen LogP contribution >= 0.6 is 22.6 Å². The highest BCUT2D eigenvalue weighted by Crippen LogP contribution is 2.34. The van der Waals surface area contributed by atoms with Crippen molar-refractivity contribution in [2.45, 2.75) is 13.3 Å². The number of furan rings is 1. The molecule has 0 amide bonds. The van der Waals surface area contributed by atoms with Crippen molar-refractivity contribution in [3.8, 4) is 11.1 Å². The molecule has 0 bridgehead atoms. The molecule has 0 unspecified atom stereocenters. The Morgan fingerprint density at radius 2 is 2.00 bits per heavy atom. The second kappa shape index (κ2) is 4.68. The third-order valence-electron chi connectivity index (χ3n) is 2.98. The molecular formula is C14H11IN2O. The zero-order valence-electron chi connectivity index (χ0n) is 9.85. The van der Waals surface area contributed by atoms with Crippen molar-refractivity contribution in [1.82, 2.24) is 9.97 Å². The van der Waals surface area contributed by atoms with Gasteiger partial charge >= 0.3 is 0 Å². The molecule has 0 saturated carbocycles. The minimum atomic E-state index is 0.643. The summed E-state index contributed by atoms with van der Waals surface area (Å²) < 4.78 is 6.50. The highest BCUT2D eigenvalue weighted by Gasteiger charge is 2.14. The predicted octanol–water partition coefficient (Wildman–Crippen LogP) is 4.06. The number of benzene rings is 1. The summed E-state index contributed by atoms with van der Waals surface area (Å²) in [4.78, 5) is 8.21. The molecule has 0 N–H and O–H groups in total. The van der Waals surface area contributed by atoms with Crippen LogP contribution in [0, 0.1) is 3.77 Å². The lowest BCUT2D eigenvalue weighted by atomic mass is 10.0. The van der Waals surface area contributed by atoms with Crippen molar-refractivity contribution < 1.29 is 4.42 Å². The molecule has 1 aromatic carbocycles. The lowest BCUT2D eigenvalue weighted by Gasteiger charge is -2.01. The Morgan fingerprint density at radius 1 is 1.22 bits per heavy atom. The first-order valence-electron chi connectivity index (χ1n) is 5.77. The minimum absolute atomic E-state index is 0.643. The molecule has 0 aliphatic carbocycles. The molecule has 0 atom stereocenters. The molecule has 0 fully saturated rings. The molecule has 90 valence electrons. The van der Waals surface area contributed by atoms with Crippen molar-refractivity contribution in [3.63, 3.8) is 0 Å². The van der Waals surface area contributed by atoms with Crippen molar-refractivity contribution in [1.29, 1.82) is 0 Å². The molecule has 0 aliphatic heterocycles. The summed E-state index contributed by atoms with van der Waals surface area (Å²) in [6.45, 7) is 2.15. The molecule has 0 spiro atoms. The van der Waals surface area contributed by atoms with E-state index in [0.717, 1.165) is 26.7 Å². The van der Waals surface area contributed by atoms with Crippen molar-refractivity contribution in [3.05, 3.63) is 46.1 Å². The van der Waals surface area contributed by atoms with Gasteiger partial charge in [0.05, 0.1) is 5.39 Å². The van der Waals surface area contributed by atoms with Crippen LogP contribution in [0.1, 0.15) is 12.5 Å². The maximum Gasteiger partial charge on any atom is 0.231 e. The van der Waals surface area contributed by atoms with E-state index >= 15 is 0 Å². The van der Waals surface area contributed by atoms with Crippen molar-refractivity contribution in [2.75, 3.05) is 0 Å². The Kier molecular flexibility index (Phi) is 3.03. The molecule has 3 aromatic rings. The molecule has 4 heteroatoms. The van der Waals surface area contributed by atoms with Crippen LogP contribution in [0.5, 0.6) is 0 Å². The Labute approximate surface area is 118 Å². The van der Waals surface area contributed by atoms with Gasteiger partial charge in [-0.1, -0.05) is 31.2 Å². The highest BCUT2D eigenvalue weighted by atomic mass is 127. The lowest BCUT2D eigenvalue weighted by molar-refractivity contribution is 0.573. The molecule has 0 radical (unpaired) electrons. The van der Waals surface area contributed by atoms with Gasteiger partial charge in [-0.25, -0.2) is 9.97 Å². The van der Waals surface area contributed by atoms with E-state index in [4.69, 9.17) is 4.42 Å². The maximum atomic E-state index is 5.65. The van der Waals surface area contributed by atoms with Crippen LogP contribution in [0.2, 0.25) is 0 Å². The van der Waals surface area contributed by atoms with E-state index < -0.39 is 0 Å². The van der Waals surface area contributed by atoms with Crippen LogP contribution in [-0.2, 0) is 6.42 Å². The largest absolute Gasteiger partial charge is 0.431 e. The second-order valence-electron chi connectivity index (χ2n) is 4.04. The first-order chi connectivity index (χ1) is 8.79. The Balaban J connectivity index is 2.20. The summed E-state index contributed by atoms with van der Waals surface area (Å²) in [5.74, 6) is 0. The quantitative estimate of drug-likeness (QED) is 0.655. The zero-order valence-corrected chi connectivity index (χ0v) is 12.0. The SMILES string of the molecule is CCc1ccc(-c2c(I)oc3ncncc23)cc1. The lowest BCUT2D eigenvalue weighted by Crippen LogP contribution is -1.83. The first kappa shape index (κ1) is 11.6. The highest BCUT2D eigenvalue weighted by molar-refractivity contribution is 14.1. The summed E-state index contributed by atoms with van der Waals surface area (Å²) in [6.07, 6.45) is 4.36. The van der Waals surface area contributed by atoms with E-state index in [0.29, 0.717) is 5.71 Å². The summed E-state index contributed by atoms with van der Waals surface area (Å²) in [5, 5.41) is 0.964. The maximum absolute atomic E-state index is 5.65. The third kappa shape index (κ3) is 1.90. The van der Waals surface area contributed by atoms with E-state index in [1.54, 1.807) is 6.20 Å². The number of fused-ring (bicyclic) bond motifs is 1. The monoisotopic (exact) mass is 350 g/mol. The number of hydrogen-bond donors (Lipinski definition) is 0. The number of rotatable bonds is 2. The summed E-state index contributed by atoms with van der Waals surface area (Å²) in [7, 11) is 0. The van der Waals surface area contributed by atoms with E-state index in [1.807, 2.05) is 0 Å². The Bertz CT molecular complexity index is 689. The zero-order chi connectivity index (χ0) is 12.5. The second-order valence-corrected chi connectivity index (χ2v) is 5.02. The van der Waals surface area contributed by atoms with Gasteiger partial charge in [-0.2, -0.15) is 0 Å². The molecule has 2 heterocycles. The van der Waals surface area contributed by atoms with Gasteiger partial charge in [0.25, 0.3) is 0 Å². The molecular weight excluding hydrogens is 339 g/mol. The van der Waals surface area contributed by atoms with E-state index in [9.17, 15) is 0 Å². The topological polar surface area (TPSA) is 38.9 Å². The number of halogens is 1. The Hall–Kier alpha value is -1.43. The minimum Gasteiger partial charge on any atom is -0.431 e. The molecule has 3 nitrogen and oxygen atoms in total. The van der Waals surface area contributed by atoms with Crippen molar-refractivity contribution in [2.24, 2.45) is 0 Å². The van der Waals surface area contributed by atoms with Crippen LogP contribution in [-0.4, -0.2) is 9.97 Å². The van der Waals surface area contributed by atoms with Crippen LogP contribution in [0.4, 0.5) is 0 Å². The van der Waals surface area contributed by atoms with Gasteiger partial charge in [0.2, 0.25) is 5.71 Å². The van der Waals surface area contributed by atoms with Gasteiger partial charge in [0.1, 0.15) is 6.33 Å². The van der Waals surface area contributed by atoms with Gasteiger partial charge in [0, 0.05) is 34.4 Å². The van der Waals surface area contributed by atoms with E-state index in [2.05, 4.69) is 63.7 Å². The van der Waals surface area contributed by atoms with Gasteiger partial charge in [0.15, 0.2) is 3.77 Å². The molecule has 0 saturated heterocycles. The smallest absolute Gasteiger partial charge is 0.231 e. The fourth-order valence-electron chi connectivity index (χ4n) is 1.99. The van der Waals surface area contributed by atoms with E-state index in [-0.39, 0.29) is 0 Å². The normalized spacial score (nSPS) is 11.0. The van der Waals surface area contributed by atoms with Crippen molar-refractivity contribution >= 4 is 33.7 Å². The number of aromatic nitrogens is 2. The number of aryl methyl sites for hydroxylation is 1. The molecule has 2 aromatic heterocycles. The Morgan fingerprint density at radius 3 is 2.72 bits per heavy atom. The first-order valence-corrected chi connectivity index (χ1v) is 6.84. The summed E-state index contributed by atoms with van der Waals surface area (Å²) in [6, 6.07) is 8.54. The average Bonchev–Trinajstić information content (AvgIpc) is 2.75. The fraction of sp³-hybridized carbons (Fsp3) is 0.143. The summed E-state index contributed by atoms with van der Waals surface area (Å²) >= 11 is 2.20. The molecule has 3 rings (SSSR count).